The maximum atomic E-state index is 12.2. The molecule has 0 aliphatic heterocycles. The average molecular weight is 356 g/mol. The molecule has 3 aromatic rings. The lowest BCUT2D eigenvalue weighted by atomic mass is 10.1. The Morgan fingerprint density at radius 1 is 1.20 bits per heavy atom. The molecule has 25 heavy (non-hydrogen) atoms. The Kier molecular flexibility index (Phi) is 5.36. The first-order chi connectivity index (χ1) is 12.2. The van der Waals surface area contributed by atoms with Crippen molar-refractivity contribution in [3.05, 3.63) is 70.9 Å². The maximum Gasteiger partial charge on any atom is 0.269 e. The van der Waals surface area contributed by atoms with E-state index >= 15 is 0 Å². The zero-order valence-electron chi connectivity index (χ0n) is 13.8. The molecule has 3 rings (SSSR count). The number of halogens is 1. The molecule has 1 heterocycles. The van der Waals surface area contributed by atoms with Crippen molar-refractivity contribution >= 4 is 17.5 Å². The Labute approximate surface area is 151 Å². The summed E-state index contributed by atoms with van der Waals surface area (Å²) in [5.41, 5.74) is 3.10. The molecule has 0 unspecified atom stereocenters. The van der Waals surface area contributed by atoms with Crippen LogP contribution in [0, 0.1) is 0 Å². The number of carbonyl (C=O) groups is 1. The summed E-state index contributed by atoms with van der Waals surface area (Å²) < 4.78 is 5.13. The van der Waals surface area contributed by atoms with E-state index in [0.717, 1.165) is 23.3 Å². The summed E-state index contributed by atoms with van der Waals surface area (Å²) in [4.78, 5) is 12.2. The first-order valence-electron chi connectivity index (χ1n) is 7.88. The van der Waals surface area contributed by atoms with Gasteiger partial charge in [0, 0.05) is 17.1 Å². The van der Waals surface area contributed by atoms with Crippen molar-refractivity contribution in [3.8, 4) is 17.0 Å². The maximum absolute atomic E-state index is 12.2. The van der Waals surface area contributed by atoms with Gasteiger partial charge in [-0.1, -0.05) is 35.9 Å². The van der Waals surface area contributed by atoms with Crippen LogP contribution in [0.1, 0.15) is 16.1 Å². The topological polar surface area (TPSA) is 67.0 Å². The number of rotatable bonds is 6. The Balaban J connectivity index is 1.56. The van der Waals surface area contributed by atoms with E-state index in [1.54, 1.807) is 19.2 Å². The minimum Gasteiger partial charge on any atom is -0.497 e. The molecule has 0 aliphatic carbocycles. The lowest BCUT2D eigenvalue weighted by Gasteiger charge is -2.05. The van der Waals surface area contributed by atoms with E-state index in [9.17, 15) is 4.79 Å². The highest BCUT2D eigenvalue weighted by Gasteiger charge is 2.11. The lowest BCUT2D eigenvalue weighted by molar-refractivity contribution is 0.0949. The SMILES string of the molecule is COc1ccc(CCNC(=O)c2cc(-c3cccc(Cl)c3)n[nH]2)cc1. The molecule has 0 bridgehead atoms. The number of H-pyrrole nitrogens is 1. The van der Waals surface area contributed by atoms with E-state index < -0.39 is 0 Å². The van der Waals surface area contributed by atoms with Crippen LogP contribution in [0.3, 0.4) is 0 Å². The second-order valence-electron chi connectivity index (χ2n) is 5.53. The molecular weight excluding hydrogens is 338 g/mol. The fourth-order valence-corrected chi connectivity index (χ4v) is 2.63. The van der Waals surface area contributed by atoms with Crippen LogP contribution in [0.5, 0.6) is 5.75 Å². The normalized spacial score (nSPS) is 10.5. The number of ether oxygens (including phenoxy) is 1. The zero-order chi connectivity index (χ0) is 17.6. The highest BCUT2D eigenvalue weighted by atomic mass is 35.5. The molecule has 2 aromatic carbocycles. The summed E-state index contributed by atoms with van der Waals surface area (Å²) in [6, 6.07) is 16.8. The van der Waals surface area contributed by atoms with E-state index in [1.165, 1.54) is 0 Å². The number of hydrogen-bond acceptors (Lipinski definition) is 3. The van der Waals surface area contributed by atoms with Gasteiger partial charge in [0.15, 0.2) is 0 Å². The zero-order valence-corrected chi connectivity index (χ0v) is 14.5. The molecule has 5 nitrogen and oxygen atoms in total. The Bertz CT molecular complexity index is 859. The molecule has 0 radical (unpaired) electrons. The quantitative estimate of drug-likeness (QED) is 0.708. The molecular formula is C19H18ClN3O2. The van der Waals surface area contributed by atoms with Gasteiger partial charge in [0.1, 0.15) is 11.4 Å². The highest BCUT2D eigenvalue weighted by molar-refractivity contribution is 6.30. The van der Waals surface area contributed by atoms with Crippen LogP contribution in [-0.2, 0) is 6.42 Å². The first-order valence-corrected chi connectivity index (χ1v) is 8.26. The van der Waals surface area contributed by atoms with Gasteiger partial charge in [-0.15, -0.1) is 0 Å². The Hall–Kier alpha value is -2.79. The molecule has 0 aliphatic rings. The van der Waals surface area contributed by atoms with Gasteiger partial charge >= 0.3 is 0 Å². The fourth-order valence-electron chi connectivity index (χ4n) is 2.44. The predicted octanol–water partition coefficient (Wildman–Crippen LogP) is 3.71. The lowest BCUT2D eigenvalue weighted by Crippen LogP contribution is -2.26. The second kappa shape index (κ2) is 7.85. The van der Waals surface area contributed by atoms with Crippen LogP contribution in [-0.4, -0.2) is 29.8 Å². The van der Waals surface area contributed by atoms with Gasteiger partial charge in [-0.3, -0.25) is 9.89 Å². The summed E-state index contributed by atoms with van der Waals surface area (Å²) in [7, 11) is 1.64. The van der Waals surface area contributed by atoms with Gasteiger partial charge in [0.2, 0.25) is 0 Å². The minimum atomic E-state index is -0.186. The van der Waals surface area contributed by atoms with Crippen LogP contribution in [0.25, 0.3) is 11.3 Å². The summed E-state index contributed by atoms with van der Waals surface area (Å²) in [5, 5.41) is 10.5. The van der Waals surface area contributed by atoms with Crippen LogP contribution < -0.4 is 10.1 Å². The number of aromatic nitrogens is 2. The highest BCUT2D eigenvalue weighted by Crippen LogP contribution is 2.21. The van der Waals surface area contributed by atoms with Crippen molar-refractivity contribution in [2.45, 2.75) is 6.42 Å². The molecule has 0 spiro atoms. The van der Waals surface area contributed by atoms with E-state index in [4.69, 9.17) is 16.3 Å². The van der Waals surface area contributed by atoms with Crippen molar-refractivity contribution in [1.29, 1.82) is 0 Å². The monoisotopic (exact) mass is 355 g/mol. The number of aromatic amines is 1. The van der Waals surface area contributed by atoms with Gasteiger partial charge in [-0.05, 0) is 42.3 Å². The number of nitrogens with one attached hydrogen (secondary N) is 2. The Morgan fingerprint density at radius 3 is 2.72 bits per heavy atom. The molecule has 0 fully saturated rings. The van der Waals surface area contributed by atoms with Crippen molar-refractivity contribution in [1.82, 2.24) is 15.5 Å². The minimum absolute atomic E-state index is 0.186. The average Bonchev–Trinajstić information content (AvgIpc) is 3.12. The van der Waals surface area contributed by atoms with Gasteiger partial charge in [0.05, 0.1) is 12.8 Å². The van der Waals surface area contributed by atoms with E-state index in [1.807, 2.05) is 42.5 Å². The molecule has 1 amide bonds. The van der Waals surface area contributed by atoms with Crippen molar-refractivity contribution in [3.63, 3.8) is 0 Å². The van der Waals surface area contributed by atoms with Crippen molar-refractivity contribution in [2.75, 3.05) is 13.7 Å². The molecule has 2 N–H and O–H groups in total. The smallest absolute Gasteiger partial charge is 0.269 e. The molecule has 128 valence electrons. The summed E-state index contributed by atoms with van der Waals surface area (Å²) in [5.74, 6) is 0.632. The first kappa shape index (κ1) is 17.0. The summed E-state index contributed by atoms with van der Waals surface area (Å²) >= 11 is 5.98. The molecule has 1 aromatic heterocycles. The van der Waals surface area contributed by atoms with Crippen LogP contribution in [0.15, 0.2) is 54.6 Å². The number of carbonyl (C=O) groups excluding carboxylic acids is 1. The number of amides is 1. The number of hydrogen-bond donors (Lipinski definition) is 2. The van der Waals surface area contributed by atoms with Gasteiger partial charge < -0.3 is 10.1 Å². The van der Waals surface area contributed by atoms with Crippen LogP contribution in [0.2, 0.25) is 5.02 Å². The Morgan fingerprint density at radius 2 is 2.00 bits per heavy atom. The number of nitrogens with zero attached hydrogens (tertiary/aromatic N) is 1. The molecule has 0 atom stereocenters. The summed E-state index contributed by atoms with van der Waals surface area (Å²) in [6.45, 7) is 0.538. The third-order valence-electron chi connectivity index (χ3n) is 3.80. The molecule has 0 saturated heterocycles. The summed E-state index contributed by atoms with van der Waals surface area (Å²) in [6.07, 6.45) is 0.741. The third kappa shape index (κ3) is 4.39. The van der Waals surface area contributed by atoms with Gasteiger partial charge in [0.25, 0.3) is 5.91 Å². The van der Waals surface area contributed by atoms with Crippen molar-refractivity contribution in [2.24, 2.45) is 0 Å². The van der Waals surface area contributed by atoms with Crippen molar-refractivity contribution < 1.29 is 9.53 Å². The van der Waals surface area contributed by atoms with Crippen LogP contribution >= 0.6 is 11.6 Å². The van der Waals surface area contributed by atoms with E-state index in [0.29, 0.717) is 23.0 Å². The largest absolute Gasteiger partial charge is 0.497 e. The van der Waals surface area contributed by atoms with Gasteiger partial charge in [-0.25, -0.2) is 0 Å². The number of benzene rings is 2. The van der Waals surface area contributed by atoms with Gasteiger partial charge in [-0.2, -0.15) is 5.10 Å². The van der Waals surface area contributed by atoms with E-state index in [-0.39, 0.29) is 5.91 Å². The van der Waals surface area contributed by atoms with E-state index in [2.05, 4.69) is 15.5 Å². The van der Waals surface area contributed by atoms with Crippen LogP contribution in [0.4, 0.5) is 0 Å². The second-order valence-corrected chi connectivity index (χ2v) is 5.97. The third-order valence-corrected chi connectivity index (χ3v) is 4.04. The molecule has 6 heteroatoms. The standard InChI is InChI=1S/C19H18ClN3O2/c1-25-16-7-5-13(6-8-16)9-10-21-19(24)18-12-17(22-23-18)14-3-2-4-15(20)11-14/h2-8,11-12H,9-10H2,1H3,(H,21,24)(H,22,23). The molecule has 0 saturated carbocycles. The fraction of sp³-hybridized carbons (Fsp3) is 0.158. The number of methoxy groups -OCH3 is 1. The predicted molar refractivity (Wildman–Crippen MR) is 98.1 cm³/mol.